The molecule has 3 N–H and O–H groups in total. The lowest BCUT2D eigenvalue weighted by Gasteiger charge is -2.27. The van der Waals surface area contributed by atoms with E-state index in [0.29, 0.717) is 27.9 Å². The minimum atomic E-state index is -0.150. The second-order valence-electron chi connectivity index (χ2n) is 5.52. The molecule has 1 aliphatic carbocycles. The molecular formula is C15H22Cl2N2O2. The largest absolute Gasteiger partial charge is 0.496 e. The lowest BCUT2D eigenvalue weighted by atomic mass is 9.87. The predicted molar refractivity (Wildman–Crippen MR) is 88.6 cm³/mol. The van der Waals surface area contributed by atoms with Crippen LogP contribution in [0.1, 0.15) is 43.0 Å². The van der Waals surface area contributed by atoms with Crippen LogP contribution in [-0.2, 0) is 0 Å². The number of nitrogens with one attached hydrogen (secondary N) is 1. The van der Waals surface area contributed by atoms with Gasteiger partial charge in [0.15, 0.2) is 0 Å². The highest BCUT2D eigenvalue weighted by Gasteiger charge is 2.22. The molecule has 1 fully saturated rings. The third kappa shape index (κ3) is 4.42. The van der Waals surface area contributed by atoms with Crippen molar-refractivity contribution < 1.29 is 9.53 Å². The number of carbonyl (C=O) groups is 1. The molecule has 21 heavy (non-hydrogen) atoms. The third-order valence-corrected chi connectivity index (χ3v) is 4.16. The number of hydrogen-bond acceptors (Lipinski definition) is 3. The summed E-state index contributed by atoms with van der Waals surface area (Å²) in [5.74, 6) is 0.960. The van der Waals surface area contributed by atoms with Crippen molar-refractivity contribution in [2.24, 2.45) is 5.92 Å². The van der Waals surface area contributed by atoms with Gasteiger partial charge < -0.3 is 15.8 Å². The van der Waals surface area contributed by atoms with E-state index < -0.39 is 0 Å². The monoisotopic (exact) mass is 332 g/mol. The van der Waals surface area contributed by atoms with Crippen LogP contribution in [0.25, 0.3) is 0 Å². The first kappa shape index (κ1) is 17.9. The van der Waals surface area contributed by atoms with Gasteiger partial charge in [0.2, 0.25) is 0 Å². The van der Waals surface area contributed by atoms with Gasteiger partial charge >= 0.3 is 0 Å². The highest BCUT2D eigenvalue weighted by molar-refractivity contribution is 6.33. The first-order chi connectivity index (χ1) is 9.51. The van der Waals surface area contributed by atoms with Gasteiger partial charge in [0.05, 0.1) is 23.4 Å². The number of carbonyl (C=O) groups excluding carboxylic acids is 1. The van der Waals surface area contributed by atoms with Crippen LogP contribution in [0, 0.1) is 5.92 Å². The van der Waals surface area contributed by atoms with E-state index in [1.54, 1.807) is 12.1 Å². The van der Waals surface area contributed by atoms with Crippen LogP contribution in [0.3, 0.4) is 0 Å². The molecule has 2 rings (SSSR count). The van der Waals surface area contributed by atoms with Crippen molar-refractivity contribution in [1.82, 2.24) is 5.32 Å². The van der Waals surface area contributed by atoms with E-state index in [2.05, 4.69) is 12.2 Å². The highest BCUT2D eigenvalue weighted by atomic mass is 35.5. The van der Waals surface area contributed by atoms with E-state index in [0.717, 1.165) is 19.3 Å². The number of halogens is 2. The van der Waals surface area contributed by atoms with Crippen molar-refractivity contribution in [1.29, 1.82) is 0 Å². The quantitative estimate of drug-likeness (QED) is 0.830. The van der Waals surface area contributed by atoms with Gasteiger partial charge in [-0.3, -0.25) is 4.79 Å². The first-order valence-corrected chi connectivity index (χ1v) is 7.33. The minimum Gasteiger partial charge on any atom is -0.496 e. The average Bonchev–Trinajstić information content (AvgIpc) is 2.41. The van der Waals surface area contributed by atoms with Gasteiger partial charge in [-0.15, -0.1) is 12.4 Å². The fourth-order valence-electron chi connectivity index (χ4n) is 2.74. The van der Waals surface area contributed by atoms with E-state index in [1.165, 1.54) is 13.5 Å². The van der Waals surface area contributed by atoms with E-state index >= 15 is 0 Å². The molecular weight excluding hydrogens is 311 g/mol. The predicted octanol–water partition coefficient (Wildman–Crippen LogP) is 3.66. The van der Waals surface area contributed by atoms with E-state index in [-0.39, 0.29) is 24.4 Å². The molecule has 1 aromatic rings. The lowest BCUT2D eigenvalue weighted by molar-refractivity contribution is 0.0918. The Labute approximate surface area is 136 Å². The number of methoxy groups -OCH3 is 1. The maximum Gasteiger partial charge on any atom is 0.255 e. The molecule has 2 unspecified atom stereocenters. The lowest BCUT2D eigenvalue weighted by Crippen LogP contribution is -2.38. The van der Waals surface area contributed by atoms with Crippen molar-refractivity contribution in [2.75, 3.05) is 12.8 Å². The zero-order valence-electron chi connectivity index (χ0n) is 12.3. The molecule has 1 aromatic carbocycles. The number of nitrogens with two attached hydrogens (primary N) is 1. The van der Waals surface area contributed by atoms with Gasteiger partial charge in [-0.1, -0.05) is 31.4 Å². The Kier molecular flexibility index (Phi) is 6.62. The molecule has 0 bridgehead atoms. The van der Waals surface area contributed by atoms with E-state index in [1.807, 2.05) is 0 Å². The molecule has 1 amide bonds. The second kappa shape index (κ2) is 7.76. The van der Waals surface area contributed by atoms with Crippen LogP contribution in [-0.4, -0.2) is 19.1 Å². The smallest absolute Gasteiger partial charge is 0.255 e. The topological polar surface area (TPSA) is 64.3 Å². The molecule has 4 nitrogen and oxygen atoms in total. The summed E-state index contributed by atoms with van der Waals surface area (Å²) in [7, 11) is 1.52. The number of rotatable bonds is 3. The fourth-order valence-corrected chi connectivity index (χ4v) is 2.91. The van der Waals surface area contributed by atoms with Crippen LogP contribution in [0.15, 0.2) is 12.1 Å². The zero-order valence-corrected chi connectivity index (χ0v) is 13.9. The fraction of sp³-hybridized carbons (Fsp3) is 0.533. The van der Waals surface area contributed by atoms with Crippen molar-refractivity contribution in [3.8, 4) is 5.75 Å². The number of amides is 1. The molecule has 118 valence electrons. The molecule has 0 heterocycles. The van der Waals surface area contributed by atoms with Crippen molar-refractivity contribution in [2.45, 2.75) is 38.6 Å². The summed E-state index contributed by atoms with van der Waals surface area (Å²) in [5, 5.41) is 3.44. The van der Waals surface area contributed by atoms with Gasteiger partial charge in [0.25, 0.3) is 5.91 Å². The van der Waals surface area contributed by atoms with Gasteiger partial charge in [0.1, 0.15) is 5.75 Å². The summed E-state index contributed by atoms with van der Waals surface area (Å²) in [6.45, 7) is 2.22. The second-order valence-corrected chi connectivity index (χ2v) is 5.92. The molecule has 6 heteroatoms. The molecule has 0 aromatic heterocycles. The molecule has 0 aliphatic heterocycles. The van der Waals surface area contributed by atoms with Crippen molar-refractivity contribution in [3.63, 3.8) is 0 Å². The Hall–Kier alpha value is -1.13. The maximum atomic E-state index is 12.4. The van der Waals surface area contributed by atoms with Crippen molar-refractivity contribution >= 4 is 35.6 Å². The number of ether oxygens (including phenoxy) is 1. The number of benzene rings is 1. The van der Waals surface area contributed by atoms with Crippen LogP contribution in [0.5, 0.6) is 5.75 Å². The summed E-state index contributed by atoms with van der Waals surface area (Å²) in [6.07, 6.45) is 4.45. The molecule has 0 spiro atoms. The Balaban J connectivity index is 0.00000220. The van der Waals surface area contributed by atoms with Gasteiger partial charge in [-0.2, -0.15) is 0 Å². The summed E-state index contributed by atoms with van der Waals surface area (Å²) in [6, 6.07) is 3.38. The van der Waals surface area contributed by atoms with Gasteiger partial charge in [-0.05, 0) is 24.8 Å². The number of nitrogen functional groups attached to an aromatic ring is 1. The Bertz CT molecular complexity index is 509. The molecule has 1 aliphatic rings. The maximum absolute atomic E-state index is 12.4. The Morgan fingerprint density at radius 2 is 2.14 bits per heavy atom. The van der Waals surface area contributed by atoms with Gasteiger partial charge in [0, 0.05) is 12.1 Å². The van der Waals surface area contributed by atoms with E-state index in [4.69, 9.17) is 22.1 Å². The Morgan fingerprint density at radius 1 is 1.43 bits per heavy atom. The number of hydrogen-bond donors (Lipinski definition) is 2. The normalized spacial score (nSPS) is 21.3. The molecule has 2 atom stereocenters. The first-order valence-electron chi connectivity index (χ1n) is 6.95. The Morgan fingerprint density at radius 3 is 2.76 bits per heavy atom. The SMILES string of the molecule is COc1cc(N)c(Cl)cc1C(=O)NC1CCCC(C)C1.Cl. The van der Waals surface area contributed by atoms with Crippen LogP contribution in [0.2, 0.25) is 5.02 Å². The summed E-state index contributed by atoms with van der Waals surface area (Å²) < 4.78 is 5.21. The summed E-state index contributed by atoms with van der Waals surface area (Å²) >= 11 is 5.99. The summed E-state index contributed by atoms with van der Waals surface area (Å²) in [5.41, 5.74) is 6.57. The molecule has 1 saturated carbocycles. The molecule has 0 saturated heterocycles. The minimum absolute atomic E-state index is 0. The van der Waals surface area contributed by atoms with E-state index in [9.17, 15) is 4.79 Å². The standard InChI is InChI=1S/C15H21ClN2O2.ClH/c1-9-4-3-5-10(6-9)18-15(19)11-7-12(16)13(17)8-14(11)20-2;/h7-10H,3-6,17H2,1-2H3,(H,18,19);1H. The molecule has 0 radical (unpaired) electrons. The third-order valence-electron chi connectivity index (χ3n) is 3.84. The van der Waals surface area contributed by atoms with Crippen LogP contribution >= 0.6 is 24.0 Å². The van der Waals surface area contributed by atoms with Crippen molar-refractivity contribution in [3.05, 3.63) is 22.7 Å². The zero-order chi connectivity index (χ0) is 14.7. The summed E-state index contributed by atoms with van der Waals surface area (Å²) in [4.78, 5) is 12.4. The van der Waals surface area contributed by atoms with Gasteiger partial charge in [-0.25, -0.2) is 0 Å². The highest BCUT2D eigenvalue weighted by Crippen LogP contribution is 2.29. The number of anilines is 1. The van der Waals surface area contributed by atoms with Crippen LogP contribution in [0.4, 0.5) is 5.69 Å². The average molecular weight is 333 g/mol. The van der Waals surface area contributed by atoms with Crippen LogP contribution < -0.4 is 15.8 Å².